The van der Waals surface area contributed by atoms with Crippen molar-refractivity contribution in [2.75, 3.05) is 32.7 Å². The van der Waals surface area contributed by atoms with Crippen LogP contribution >= 0.6 is 0 Å². The van der Waals surface area contributed by atoms with Gasteiger partial charge in [0.15, 0.2) is 0 Å². The van der Waals surface area contributed by atoms with E-state index in [1.54, 1.807) is 31.1 Å². The molecule has 1 unspecified atom stereocenters. The number of nitrogens with zero attached hydrogens (tertiary/aromatic N) is 2. The molecular formula is C21H24N2O4. The Morgan fingerprint density at radius 1 is 1.11 bits per heavy atom. The van der Waals surface area contributed by atoms with Crippen molar-refractivity contribution in [1.82, 2.24) is 4.90 Å². The molecule has 1 fully saturated rings. The van der Waals surface area contributed by atoms with E-state index in [2.05, 4.69) is 0 Å². The molecule has 2 aromatic carbocycles. The van der Waals surface area contributed by atoms with Crippen LogP contribution in [0.4, 0.5) is 5.69 Å². The van der Waals surface area contributed by atoms with E-state index in [9.17, 15) is 9.59 Å². The van der Waals surface area contributed by atoms with E-state index in [1.165, 1.54) is 0 Å². The van der Waals surface area contributed by atoms with E-state index in [0.717, 1.165) is 22.7 Å². The first-order chi connectivity index (χ1) is 13.0. The van der Waals surface area contributed by atoms with Crippen LogP contribution in [0.15, 0.2) is 48.5 Å². The second kappa shape index (κ2) is 8.12. The first-order valence-electron chi connectivity index (χ1n) is 8.84. The molecule has 3 rings (SSSR count). The van der Waals surface area contributed by atoms with Crippen LogP contribution in [0.1, 0.15) is 12.0 Å². The molecule has 6 nitrogen and oxygen atoms in total. The van der Waals surface area contributed by atoms with Crippen molar-refractivity contribution in [2.45, 2.75) is 13.0 Å². The Morgan fingerprint density at radius 3 is 2.48 bits per heavy atom. The predicted molar refractivity (Wildman–Crippen MR) is 103 cm³/mol. The van der Waals surface area contributed by atoms with Gasteiger partial charge in [-0.05, 0) is 30.3 Å². The fourth-order valence-electron chi connectivity index (χ4n) is 3.36. The van der Waals surface area contributed by atoms with E-state index in [0.29, 0.717) is 13.1 Å². The van der Waals surface area contributed by atoms with Crippen molar-refractivity contribution in [1.29, 1.82) is 0 Å². The quantitative estimate of drug-likeness (QED) is 0.787. The van der Waals surface area contributed by atoms with E-state index in [1.807, 2.05) is 48.5 Å². The number of anilines is 1. The zero-order valence-corrected chi connectivity index (χ0v) is 15.8. The van der Waals surface area contributed by atoms with Gasteiger partial charge in [-0.15, -0.1) is 0 Å². The number of rotatable bonds is 6. The van der Waals surface area contributed by atoms with Gasteiger partial charge in [0.25, 0.3) is 0 Å². The number of methoxy groups -OCH3 is 2. The molecule has 0 aromatic heterocycles. The molecule has 2 aromatic rings. The monoisotopic (exact) mass is 368 g/mol. The van der Waals surface area contributed by atoms with Gasteiger partial charge in [0.2, 0.25) is 11.8 Å². The molecule has 2 amide bonds. The summed E-state index contributed by atoms with van der Waals surface area (Å²) in [5, 5.41) is 0. The van der Waals surface area contributed by atoms with E-state index < -0.39 is 0 Å². The average Bonchev–Trinajstić information content (AvgIpc) is 3.09. The van der Waals surface area contributed by atoms with Gasteiger partial charge in [0.05, 0.1) is 20.1 Å². The van der Waals surface area contributed by atoms with Crippen LogP contribution < -0.4 is 14.4 Å². The zero-order chi connectivity index (χ0) is 19.4. The van der Waals surface area contributed by atoms with Crippen LogP contribution in [-0.4, -0.2) is 44.5 Å². The van der Waals surface area contributed by atoms with Crippen LogP contribution in [0.25, 0.3) is 0 Å². The molecule has 27 heavy (non-hydrogen) atoms. The van der Waals surface area contributed by atoms with Crippen LogP contribution in [0, 0.1) is 5.92 Å². The standard InChI is InChI=1S/C21H24N2O4/c1-22(13-15-6-4-5-7-19(15)27-3)21(25)16-12-20(24)23(14-16)17-8-10-18(26-2)11-9-17/h4-11,16H,12-14H2,1-3H3. The van der Waals surface area contributed by atoms with Gasteiger partial charge < -0.3 is 19.3 Å². The second-order valence-electron chi connectivity index (χ2n) is 6.61. The molecule has 142 valence electrons. The fraction of sp³-hybridized carbons (Fsp3) is 0.333. The first kappa shape index (κ1) is 18.8. The van der Waals surface area contributed by atoms with Crippen LogP contribution in [0.3, 0.4) is 0 Å². The number of hydrogen-bond donors (Lipinski definition) is 0. The molecule has 1 aliphatic rings. The van der Waals surface area contributed by atoms with Crippen molar-refractivity contribution in [2.24, 2.45) is 5.92 Å². The fourth-order valence-corrected chi connectivity index (χ4v) is 3.36. The van der Waals surface area contributed by atoms with Crippen molar-refractivity contribution in [3.63, 3.8) is 0 Å². The molecule has 0 bridgehead atoms. The first-order valence-corrected chi connectivity index (χ1v) is 8.84. The van der Waals surface area contributed by atoms with Crippen molar-refractivity contribution >= 4 is 17.5 Å². The van der Waals surface area contributed by atoms with Crippen molar-refractivity contribution in [3.8, 4) is 11.5 Å². The summed E-state index contributed by atoms with van der Waals surface area (Å²) in [5.41, 5.74) is 1.72. The Kier molecular flexibility index (Phi) is 5.64. The number of carbonyl (C=O) groups excluding carboxylic acids is 2. The lowest BCUT2D eigenvalue weighted by Gasteiger charge is -2.22. The number of amides is 2. The Balaban J connectivity index is 1.67. The predicted octanol–water partition coefficient (Wildman–Crippen LogP) is 2.72. The van der Waals surface area contributed by atoms with Gasteiger partial charge in [-0.2, -0.15) is 0 Å². The summed E-state index contributed by atoms with van der Waals surface area (Å²) in [6.07, 6.45) is 0.223. The third-order valence-corrected chi connectivity index (χ3v) is 4.83. The van der Waals surface area contributed by atoms with Gasteiger partial charge >= 0.3 is 0 Å². The summed E-state index contributed by atoms with van der Waals surface area (Å²) in [7, 11) is 4.97. The van der Waals surface area contributed by atoms with Gasteiger partial charge in [-0.1, -0.05) is 18.2 Å². The molecule has 0 aliphatic carbocycles. The Labute approximate surface area is 159 Å². The molecule has 1 atom stereocenters. The largest absolute Gasteiger partial charge is 0.497 e. The lowest BCUT2D eigenvalue weighted by Crippen LogP contribution is -2.34. The minimum absolute atomic E-state index is 0.0368. The molecule has 0 radical (unpaired) electrons. The molecule has 1 aliphatic heterocycles. The number of ether oxygens (including phenoxy) is 2. The number of benzene rings is 2. The number of carbonyl (C=O) groups is 2. The smallest absolute Gasteiger partial charge is 0.228 e. The Hall–Kier alpha value is -3.02. The van der Waals surface area contributed by atoms with Crippen molar-refractivity contribution < 1.29 is 19.1 Å². The normalized spacial score (nSPS) is 16.3. The van der Waals surface area contributed by atoms with E-state index in [-0.39, 0.29) is 24.2 Å². The Bertz CT molecular complexity index is 819. The maximum absolute atomic E-state index is 12.9. The van der Waals surface area contributed by atoms with E-state index in [4.69, 9.17) is 9.47 Å². The highest BCUT2D eigenvalue weighted by molar-refractivity contribution is 6.00. The van der Waals surface area contributed by atoms with Crippen molar-refractivity contribution in [3.05, 3.63) is 54.1 Å². The third kappa shape index (κ3) is 4.05. The van der Waals surface area contributed by atoms with Gasteiger partial charge in [-0.3, -0.25) is 9.59 Å². The van der Waals surface area contributed by atoms with Crippen LogP contribution in [-0.2, 0) is 16.1 Å². The summed E-state index contributed by atoms with van der Waals surface area (Å²) in [5.74, 6) is 1.06. The summed E-state index contributed by atoms with van der Waals surface area (Å²) in [4.78, 5) is 28.6. The minimum atomic E-state index is -0.348. The lowest BCUT2D eigenvalue weighted by molar-refractivity contribution is -0.135. The van der Waals surface area contributed by atoms with Gasteiger partial charge in [0, 0.05) is 37.8 Å². The minimum Gasteiger partial charge on any atom is -0.497 e. The molecule has 1 saturated heterocycles. The van der Waals surface area contributed by atoms with Gasteiger partial charge in [-0.25, -0.2) is 0 Å². The summed E-state index contributed by atoms with van der Waals surface area (Å²) in [6, 6.07) is 14.9. The molecule has 6 heteroatoms. The number of hydrogen-bond acceptors (Lipinski definition) is 4. The van der Waals surface area contributed by atoms with Gasteiger partial charge in [0.1, 0.15) is 11.5 Å². The van der Waals surface area contributed by atoms with Crippen LogP contribution in [0.2, 0.25) is 0 Å². The summed E-state index contributed by atoms with van der Waals surface area (Å²) in [6.45, 7) is 0.830. The van der Waals surface area contributed by atoms with Crippen LogP contribution in [0.5, 0.6) is 11.5 Å². The summed E-state index contributed by atoms with van der Waals surface area (Å²) < 4.78 is 10.5. The highest BCUT2D eigenvalue weighted by Gasteiger charge is 2.36. The Morgan fingerprint density at radius 2 is 1.81 bits per heavy atom. The van der Waals surface area contributed by atoms with E-state index >= 15 is 0 Å². The number of para-hydroxylation sites is 1. The summed E-state index contributed by atoms with van der Waals surface area (Å²) >= 11 is 0. The maximum Gasteiger partial charge on any atom is 0.228 e. The SMILES string of the molecule is COc1ccc(N2CC(C(=O)N(C)Cc3ccccc3OC)CC2=O)cc1. The second-order valence-corrected chi connectivity index (χ2v) is 6.61. The average molecular weight is 368 g/mol. The molecular weight excluding hydrogens is 344 g/mol. The maximum atomic E-state index is 12.9. The highest BCUT2D eigenvalue weighted by Crippen LogP contribution is 2.28. The molecule has 0 saturated carbocycles. The molecule has 0 spiro atoms. The molecule has 1 heterocycles. The highest BCUT2D eigenvalue weighted by atomic mass is 16.5. The topological polar surface area (TPSA) is 59.1 Å². The molecule has 0 N–H and O–H groups in total. The third-order valence-electron chi connectivity index (χ3n) is 4.83. The zero-order valence-electron chi connectivity index (χ0n) is 15.8. The lowest BCUT2D eigenvalue weighted by atomic mass is 10.1.